The molecule has 1 aliphatic rings. The molecular formula is C15H18N8O4S2. The standard InChI is InChI=1S/C15H18N8O4S2/c16-5-6-22-29(26,27)11-3-2-10(9-1-4-12(17)19-7-9)13(14(11)28(18,24)25)15-20-8-21-23-15/h1-4,7,22H,5-6,8,16H2,(H2,17,19)(H2,18,24,25). The lowest BCUT2D eigenvalue weighted by Crippen LogP contribution is -2.31. The number of aromatic nitrogens is 1. The van der Waals surface area contributed by atoms with E-state index in [1.54, 1.807) is 6.07 Å². The zero-order valence-electron chi connectivity index (χ0n) is 15.0. The maximum Gasteiger partial charge on any atom is 0.241 e. The first-order valence-electron chi connectivity index (χ1n) is 8.19. The maximum absolute atomic E-state index is 12.7. The molecule has 0 saturated carbocycles. The monoisotopic (exact) mass is 438 g/mol. The minimum Gasteiger partial charge on any atom is -0.384 e. The van der Waals surface area contributed by atoms with Gasteiger partial charge in [0.1, 0.15) is 15.6 Å². The number of rotatable bonds is 7. The molecule has 14 heteroatoms. The smallest absolute Gasteiger partial charge is 0.241 e. The number of nitrogens with zero attached hydrogens (tertiary/aromatic N) is 4. The molecule has 0 fully saturated rings. The van der Waals surface area contributed by atoms with Crippen LogP contribution in [0.3, 0.4) is 0 Å². The summed E-state index contributed by atoms with van der Waals surface area (Å²) in [5.74, 6) is 0.196. The molecule has 29 heavy (non-hydrogen) atoms. The first-order chi connectivity index (χ1) is 13.6. The Labute approximate surface area is 167 Å². The van der Waals surface area contributed by atoms with Crippen LogP contribution in [0.15, 0.2) is 55.5 Å². The van der Waals surface area contributed by atoms with Crippen molar-refractivity contribution in [2.24, 2.45) is 26.1 Å². The summed E-state index contributed by atoms with van der Waals surface area (Å²) in [6.45, 7) is -0.0971. The Morgan fingerprint density at radius 1 is 1.10 bits per heavy atom. The highest BCUT2D eigenvalue weighted by Crippen LogP contribution is 2.34. The highest BCUT2D eigenvalue weighted by molar-refractivity contribution is 7.92. The van der Waals surface area contributed by atoms with Crippen LogP contribution in [0.25, 0.3) is 11.1 Å². The Kier molecular flexibility index (Phi) is 5.72. The average molecular weight is 438 g/mol. The molecule has 7 N–H and O–H groups in total. The maximum atomic E-state index is 12.7. The Balaban J connectivity index is 2.39. The number of nitrogen functional groups attached to an aromatic ring is 1. The molecule has 0 saturated heterocycles. The molecule has 0 radical (unpaired) electrons. The zero-order valence-corrected chi connectivity index (χ0v) is 16.6. The molecule has 0 atom stereocenters. The lowest BCUT2D eigenvalue weighted by atomic mass is 10.00. The summed E-state index contributed by atoms with van der Waals surface area (Å²) >= 11 is 0. The first kappa shape index (κ1) is 20.9. The third-order valence-electron chi connectivity index (χ3n) is 3.90. The number of hydrogen-bond donors (Lipinski definition) is 4. The van der Waals surface area contributed by atoms with Crippen LogP contribution in [-0.4, -0.2) is 47.4 Å². The SMILES string of the molecule is NCCNS(=O)(=O)c1ccc(-c2ccc(N)nc2)c(C2=NCN=N2)c1S(N)(=O)=O. The molecule has 1 aromatic heterocycles. The van der Waals surface area contributed by atoms with Gasteiger partial charge in [0.25, 0.3) is 0 Å². The number of hydrogen-bond acceptors (Lipinski definition) is 10. The van der Waals surface area contributed by atoms with E-state index in [-0.39, 0.29) is 37.0 Å². The van der Waals surface area contributed by atoms with Crippen LogP contribution in [0.2, 0.25) is 0 Å². The van der Waals surface area contributed by atoms with Crippen molar-refractivity contribution < 1.29 is 16.8 Å². The van der Waals surface area contributed by atoms with Crippen LogP contribution in [0.5, 0.6) is 0 Å². The largest absolute Gasteiger partial charge is 0.384 e. The molecular weight excluding hydrogens is 420 g/mol. The summed E-state index contributed by atoms with van der Waals surface area (Å²) in [7, 11) is -8.77. The summed E-state index contributed by atoms with van der Waals surface area (Å²) in [4.78, 5) is 6.85. The van der Waals surface area contributed by atoms with Gasteiger partial charge in [-0.2, -0.15) is 5.11 Å². The fraction of sp³-hybridized carbons (Fsp3) is 0.200. The number of nitrogens with two attached hydrogens (primary N) is 3. The molecule has 2 heterocycles. The summed E-state index contributed by atoms with van der Waals surface area (Å²) < 4.78 is 52.6. The van der Waals surface area contributed by atoms with E-state index in [4.69, 9.17) is 16.6 Å². The van der Waals surface area contributed by atoms with Crippen LogP contribution in [-0.2, 0) is 20.0 Å². The molecule has 2 aromatic rings. The van der Waals surface area contributed by atoms with E-state index in [0.29, 0.717) is 11.1 Å². The number of anilines is 1. The van der Waals surface area contributed by atoms with Gasteiger partial charge in [-0.15, -0.1) is 5.11 Å². The number of amidine groups is 1. The quantitative estimate of drug-likeness (QED) is 0.440. The Hall–Kier alpha value is -2.78. The number of aliphatic imine (C=N–C) groups is 1. The Bertz CT molecular complexity index is 1210. The van der Waals surface area contributed by atoms with Crippen molar-refractivity contribution >= 4 is 31.7 Å². The van der Waals surface area contributed by atoms with E-state index in [2.05, 4.69) is 24.9 Å². The normalized spacial score (nSPS) is 14.2. The molecule has 0 unspecified atom stereocenters. The molecule has 0 amide bonds. The number of nitrogens with one attached hydrogen (secondary N) is 1. The number of sulfonamides is 2. The van der Waals surface area contributed by atoms with Gasteiger partial charge in [0.05, 0.1) is 5.56 Å². The first-order valence-corrected chi connectivity index (χ1v) is 11.2. The Morgan fingerprint density at radius 2 is 1.86 bits per heavy atom. The number of benzene rings is 1. The van der Waals surface area contributed by atoms with E-state index < -0.39 is 29.8 Å². The number of primary sulfonamides is 1. The highest BCUT2D eigenvalue weighted by atomic mass is 32.2. The minimum absolute atomic E-state index is 0.0207. The van der Waals surface area contributed by atoms with Crippen molar-refractivity contribution in [2.75, 3.05) is 25.5 Å². The topological polar surface area (TPSA) is 208 Å². The predicted molar refractivity (Wildman–Crippen MR) is 106 cm³/mol. The van der Waals surface area contributed by atoms with E-state index in [9.17, 15) is 16.8 Å². The summed E-state index contributed by atoms with van der Waals surface area (Å²) in [6, 6.07) is 5.67. The van der Waals surface area contributed by atoms with Gasteiger partial charge in [-0.3, -0.25) is 0 Å². The van der Waals surface area contributed by atoms with Crippen LogP contribution in [0.1, 0.15) is 5.56 Å². The molecule has 1 aliphatic heterocycles. The summed E-state index contributed by atoms with van der Waals surface area (Å²) in [5.41, 5.74) is 11.6. The van der Waals surface area contributed by atoms with Gasteiger partial charge in [0.15, 0.2) is 12.5 Å². The zero-order chi connectivity index (χ0) is 21.2. The van der Waals surface area contributed by atoms with Crippen LogP contribution in [0.4, 0.5) is 5.82 Å². The fourth-order valence-corrected chi connectivity index (χ4v) is 5.36. The second-order valence-corrected chi connectivity index (χ2v) is 9.12. The van der Waals surface area contributed by atoms with E-state index in [1.165, 1.54) is 18.3 Å². The van der Waals surface area contributed by atoms with Crippen molar-refractivity contribution in [1.29, 1.82) is 0 Å². The lowest BCUT2D eigenvalue weighted by Gasteiger charge is -2.17. The van der Waals surface area contributed by atoms with Gasteiger partial charge >= 0.3 is 0 Å². The molecule has 3 rings (SSSR count). The number of pyridine rings is 1. The van der Waals surface area contributed by atoms with Crippen LogP contribution in [0, 0.1) is 0 Å². The summed E-state index contributed by atoms with van der Waals surface area (Å²) in [5, 5.41) is 13.0. The van der Waals surface area contributed by atoms with Crippen LogP contribution >= 0.6 is 0 Å². The number of azo groups is 1. The van der Waals surface area contributed by atoms with E-state index in [0.717, 1.165) is 6.07 Å². The molecule has 1 aromatic carbocycles. The van der Waals surface area contributed by atoms with Crippen molar-refractivity contribution in [1.82, 2.24) is 9.71 Å². The third kappa shape index (κ3) is 4.30. The van der Waals surface area contributed by atoms with Gasteiger partial charge in [0, 0.05) is 24.8 Å². The van der Waals surface area contributed by atoms with Crippen molar-refractivity contribution in [3.05, 3.63) is 36.0 Å². The average Bonchev–Trinajstić information content (AvgIpc) is 3.19. The molecule has 0 bridgehead atoms. The van der Waals surface area contributed by atoms with Gasteiger partial charge < -0.3 is 11.5 Å². The minimum atomic E-state index is -4.53. The van der Waals surface area contributed by atoms with Gasteiger partial charge in [-0.1, -0.05) is 6.07 Å². The molecule has 0 spiro atoms. The van der Waals surface area contributed by atoms with Gasteiger partial charge in [0.2, 0.25) is 20.0 Å². The third-order valence-corrected chi connectivity index (χ3v) is 6.53. The van der Waals surface area contributed by atoms with Crippen molar-refractivity contribution in [3.63, 3.8) is 0 Å². The van der Waals surface area contributed by atoms with Gasteiger partial charge in [-0.25, -0.2) is 36.7 Å². The summed E-state index contributed by atoms with van der Waals surface area (Å²) in [6.07, 6.45) is 1.41. The Morgan fingerprint density at radius 3 is 2.41 bits per heavy atom. The molecule has 12 nitrogen and oxygen atoms in total. The highest BCUT2D eigenvalue weighted by Gasteiger charge is 2.32. The van der Waals surface area contributed by atoms with Crippen LogP contribution < -0.4 is 21.3 Å². The molecule has 0 aliphatic carbocycles. The van der Waals surface area contributed by atoms with Crippen molar-refractivity contribution in [3.8, 4) is 11.1 Å². The van der Waals surface area contributed by atoms with Crippen molar-refractivity contribution in [2.45, 2.75) is 9.79 Å². The predicted octanol–water partition coefficient (Wildman–Crippen LogP) is -0.615. The van der Waals surface area contributed by atoms with Gasteiger partial charge in [-0.05, 0) is 23.8 Å². The fourth-order valence-electron chi connectivity index (χ4n) is 2.71. The molecule has 154 valence electrons. The second-order valence-electron chi connectivity index (χ2n) is 5.88. The second kappa shape index (κ2) is 7.92. The van der Waals surface area contributed by atoms with E-state index in [1.807, 2.05) is 0 Å². The lowest BCUT2D eigenvalue weighted by molar-refractivity contribution is 0.573. The van der Waals surface area contributed by atoms with E-state index >= 15 is 0 Å².